The van der Waals surface area contributed by atoms with E-state index in [1.807, 2.05) is 0 Å². The number of benzene rings is 2. The predicted octanol–water partition coefficient (Wildman–Crippen LogP) is 3.91. The normalized spacial score (nSPS) is 11.0. The maximum atomic E-state index is 12.1. The third-order valence-electron chi connectivity index (χ3n) is 2.57. The van der Waals surface area contributed by atoms with Gasteiger partial charge in [-0.1, -0.05) is 24.3 Å². The number of halogens is 3. The van der Waals surface area contributed by atoms with Crippen molar-refractivity contribution in [3.05, 3.63) is 48.5 Å². The molecule has 2 rings (SSSR count). The lowest BCUT2D eigenvalue weighted by atomic mass is 10.1. The van der Waals surface area contributed by atoms with Gasteiger partial charge in [-0.3, -0.25) is 0 Å². The molecule has 0 aliphatic rings. The molecular formula is C14H11F3N2OS. The zero-order valence-corrected chi connectivity index (χ0v) is 11.5. The van der Waals surface area contributed by atoms with Gasteiger partial charge in [-0.15, -0.1) is 13.2 Å². The average Bonchev–Trinajstić information content (AvgIpc) is 2.38. The van der Waals surface area contributed by atoms with Gasteiger partial charge in [0.05, 0.1) is 0 Å². The highest BCUT2D eigenvalue weighted by atomic mass is 32.1. The van der Waals surface area contributed by atoms with E-state index in [-0.39, 0.29) is 10.9 Å². The minimum Gasteiger partial charge on any atom is -0.406 e. The monoisotopic (exact) mass is 312 g/mol. The summed E-state index contributed by atoms with van der Waals surface area (Å²) in [5.74, 6) is -0.252. The van der Waals surface area contributed by atoms with Gasteiger partial charge in [-0.2, -0.15) is 0 Å². The first-order valence-electron chi connectivity index (χ1n) is 5.86. The molecule has 0 aliphatic heterocycles. The maximum absolute atomic E-state index is 12.1. The summed E-state index contributed by atoms with van der Waals surface area (Å²) in [6.07, 6.45) is -4.69. The van der Waals surface area contributed by atoms with Crippen LogP contribution in [0.25, 0.3) is 11.1 Å². The van der Waals surface area contributed by atoms with Crippen LogP contribution in [0.5, 0.6) is 5.75 Å². The summed E-state index contributed by atoms with van der Waals surface area (Å²) in [6.45, 7) is 0. The number of hydrogen-bond acceptors (Lipinski definition) is 2. The molecule has 0 saturated heterocycles. The van der Waals surface area contributed by atoms with Crippen LogP contribution >= 0.6 is 12.2 Å². The van der Waals surface area contributed by atoms with Gasteiger partial charge in [0.15, 0.2) is 5.11 Å². The molecule has 21 heavy (non-hydrogen) atoms. The Balaban J connectivity index is 2.13. The van der Waals surface area contributed by atoms with Crippen LogP contribution in [0.1, 0.15) is 0 Å². The number of alkyl halides is 3. The molecule has 0 radical (unpaired) electrons. The topological polar surface area (TPSA) is 47.3 Å². The molecule has 0 atom stereocenters. The van der Waals surface area contributed by atoms with Crippen molar-refractivity contribution in [3.8, 4) is 16.9 Å². The van der Waals surface area contributed by atoms with Gasteiger partial charge in [-0.05, 0) is 47.6 Å². The van der Waals surface area contributed by atoms with Crippen molar-refractivity contribution in [3.63, 3.8) is 0 Å². The highest BCUT2D eigenvalue weighted by Crippen LogP contribution is 2.27. The van der Waals surface area contributed by atoms with Gasteiger partial charge in [0.1, 0.15) is 5.75 Å². The number of anilines is 1. The van der Waals surface area contributed by atoms with E-state index in [0.717, 1.165) is 16.8 Å². The molecule has 2 aromatic rings. The summed E-state index contributed by atoms with van der Waals surface area (Å²) in [4.78, 5) is 0. The molecule has 0 saturated carbocycles. The molecule has 3 N–H and O–H groups in total. The van der Waals surface area contributed by atoms with Crippen molar-refractivity contribution in [2.24, 2.45) is 5.73 Å². The number of nitrogens with one attached hydrogen (secondary N) is 1. The second-order valence-corrected chi connectivity index (χ2v) is 4.58. The van der Waals surface area contributed by atoms with Crippen LogP contribution in [-0.2, 0) is 0 Å². The SMILES string of the molecule is NC(=S)Nc1ccc(-c2ccc(OC(F)(F)F)cc2)cc1. The summed E-state index contributed by atoms with van der Waals surface area (Å²) < 4.78 is 40.0. The van der Waals surface area contributed by atoms with Gasteiger partial charge in [0.25, 0.3) is 0 Å². The molecule has 0 unspecified atom stereocenters. The fraction of sp³-hybridized carbons (Fsp3) is 0.0714. The molecule has 0 heterocycles. The molecule has 2 aromatic carbocycles. The van der Waals surface area contributed by atoms with Crippen molar-refractivity contribution >= 4 is 23.0 Å². The summed E-state index contributed by atoms with van der Waals surface area (Å²) in [7, 11) is 0. The van der Waals surface area contributed by atoms with Crippen LogP contribution in [0, 0.1) is 0 Å². The van der Waals surface area contributed by atoms with E-state index < -0.39 is 6.36 Å². The Kier molecular flexibility index (Phi) is 4.32. The van der Waals surface area contributed by atoms with E-state index in [0.29, 0.717) is 0 Å². The third-order valence-corrected chi connectivity index (χ3v) is 2.68. The van der Waals surface area contributed by atoms with Crippen LogP contribution < -0.4 is 15.8 Å². The summed E-state index contributed by atoms with van der Waals surface area (Å²) in [6, 6.07) is 12.8. The van der Waals surface area contributed by atoms with Gasteiger partial charge >= 0.3 is 6.36 Å². The zero-order chi connectivity index (χ0) is 15.5. The number of nitrogens with two attached hydrogens (primary N) is 1. The molecule has 0 bridgehead atoms. The smallest absolute Gasteiger partial charge is 0.406 e. The van der Waals surface area contributed by atoms with Crippen molar-refractivity contribution in [2.75, 3.05) is 5.32 Å². The Bertz CT molecular complexity index is 624. The fourth-order valence-electron chi connectivity index (χ4n) is 1.74. The summed E-state index contributed by atoms with van der Waals surface area (Å²) in [5.41, 5.74) is 7.71. The number of hydrogen-bond donors (Lipinski definition) is 2. The Morgan fingerprint density at radius 1 is 0.952 bits per heavy atom. The van der Waals surface area contributed by atoms with Gasteiger partial charge < -0.3 is 15.8 Å². The van der Waals surface area contributed by atoms with Crippen LogP contribution in [-0.4, -0.2) is 11.5 Å². The van der Waals surface area contributed by atoms with Crippen molar-refractivity contribution < 1.29 is 17.9 Å². The molecule has 0 aliphatic carbocycles. The van der Waals surface area contributed by atoms with Crippen molar-refractivity contribution in [1.29, 1.82) is 0 Å². The number of ether oxygens (including phenoxy) is 1. The average molecular weight is 312 g/mol. The van der Waals surface area contributed by atoms with E-state index in [1.54, 1.807) is 36.4 Å². The van der Waals surface area contributed by atoms with Crippen LogP contribution in [0.2, 0.25) is 0 Å². The largest absolute Gasteiger partial charge is 0.573 e. The Hall–Kier alpha value is -2.28. The Morgan fingerprint density at radius 2 is 1.43 bits per heavy atom. The van der Waals surface area contributed by atoms with Gasteiger partial charge in [-0.25, -0.2) is 0 Å². The van der Waals surface area contributed by atoms with Crippen molar-refractivity contribution in [2.45, 2.75) is 6.36 Å². The highest BCUT2D eigenvalue weighted by Gasteiger charge is 2.30. The van der Waals surface area contributed by atoms with E-state index in [9.17, 15) is 13.2 Å². The van der Waals surface area contributed by atoms with E-state index in [4.69, 9.17) is 18.0 Å². The van der Waals surface area contributed by atoms with E-state index in [1.165, 1.54) is 12.1 Å². The molecule has 0 aromatic heterocycles. The maximum Gasteiger partial charge on any atom is 0.573 e. The fourth-order valence-corrected chi connectivity index (χ4v) is 1.86. The molecule has 7 heteroatoms. The Labute approximate surface area is 124 Å². The minimum atomic E-state index is -4.69. The van der Waals surface area contributed by atoms with Crippen LogP contribution in [0.15, 0.2) is 48.5 Å². The summed E-state index contributed by atoms with van der Waals surface area (Å²) >= 11 is 4.72. The van der Waals surface area contributed by atoms with Crippen LogP contribution in [0.4, 0.5) is 18.9 Å². The zero-order valence-electron chi connectivity index (χ0n) is 10.6. The first-order chi connectivity index (χ1) is 9.83. The van der Waals surface area contributed by atoms with Crippen LogP contribution in [0.3, 0.4) is 0 Å². The first-order valence-corrected chi connectivity index (χ1v) is 6.27. The molecule has 0 fully saturated rings. The molecule has 0 spiro atoms. The molecule has 110 valence electrons. The van der Waals surface area contributed by atoms with Gasteiger partial charge in [0.2, 0.25) is 0 Å². The quantitative estimate of drug-likeness (QED) is 0.844. The standard InChI is InChI=1S/C14H11F3N2OS/c15-14(16,17)20-12-7-3-10(4-8-12)9-1-5-11(6-2-9)19-13(18)21/h1-8H,(H3,18,19,21). The second kappa shape index (κ2) is 6.01. The minimum absolute atomic E-state index is 0.163. The van der Waals surface area contributed by atoms with Crippen molar-refractivity contribution in [1.82, 2.24) is 0 Å². The number of rotatable bonds is 3. The third kappa shape index (κ3) is 4.64. The lowest BCUT2D eigenvalue weighted by molar-refractivity contribution is -0.274. The number of thiocarbonyl (C=S) groups is 1. The lowest BCUT2D eigenvalue weighted by Crippen LogP contribution is -2.18. The van der Waals surface area contributed by atoms with E-state index >= 15 is 0 Å². The molecule has 0 amide bonds. The molecule has 3 nitrogen and oxygen atoms in total. The first kappa shape index (κ1) is 15.1. The lowest BCUT2D eigenvalue weighted by Gasteiger charge is -2.10. The predicted molar refractivity (Wildman–Crippen MR) is 79.0 cm³/mol. The van der Waals surface area contributed by atoms with Gasteiger partial charge in [0, 0.05) is 5.69 Å². The van der Waals surface area contributed by atoms with E-state index in [2.05, 4.69) is 10.1 Å². The molecular weight excluding hydrogens is 301 g/mol. The second-order valence-electron chi connectivity index (χ2n) is 4.14. The highest BCUT2D eigenvalue weighted by molar-refractivity contribution is 7.80. The Morgan fingerprint density at radius 3 is 1.86 bits per heavy atom. The summed E-state index contributed by atoms with van der Waals surface area (Å²) in [5, 5.41) is 2.95.